The van der Waals surface area contributed by atoms with E-state index < -0.39 is 16.1 Å². The number of aromatic amines is 1. The number of likely N-dealkylation sites (N-methyl/N-ethyl adjacent to an activating group) is 1. The average molecular weight is 607 g/mol. The van der Waals surface area contributed by atoms with Crippen LogP contribution in [0.4, 0.5) is 11.5 Å². The summed E-state index contributed by atoms with van der Waals surface area (Å²) in [5.74, 6) is 1.02. The first-order valence-electron chi connectivity index (χ1n) is 14.7. The standard InChI is InChI=1S/C32H42N6O4S/c1-20-19-38(43(41)32(3,4)5)26-16-23(22-8-9-28(33-17-22)37-12-10-36(6)11-13-37)15-24(29(20)26)30(39)34-18-25-27(42-7)14-21(2)35-31(25)40/h8-9,14-17,20H,10-13,18-19H2,1-7H3,(H,34,39)(H,35,40)/t20-,43?/m0/s1. The molecule has 0 saturated carbocycles. The van der Waals surface area contributed by atoms with Gasteiger partial charge in [0.25, 0.3) is 11.5 Å². The Balaban J connectivity index is 1.52. The van der Waals surface area contributed by atoms with Crippen molar-refractivity contribution in [3.63, 3.8) is 0 Å². The number of piperazine rings is 1. The van der Waals surface area contributed by atoms with Gasteiger partial charge in [-0.05, 0) is 76.2 Å². The van der Waals surface area contributed by atoms with E-state index in [4.69, 9.17) is 9.72 Å². The Bertz CT molecular complexity index is 1540. The van der Waals surface area contributed by atoms with Crippen molar-refractivity contribution in [2.24, 2.45) is 0 Å². The summed E-state index contributed by atoms with van der Waals surface area (Å²) < 4.78 is 20.5. The molecular weight excluding hydrogens is 564 g/mol. The normalized spacial score (nSPS) is 18.0. The van der Waals surface area contributed by atoms with Crippen LogP contribution in [0.25, 0.3) is 11.1 Å². The number of nitrogens with zero attached hydrogens (tertiary/aromatic N) is 4. The molecule has 3 aromatic rings. The maximum atomic E-state index is 13.9. The molecule has 0 aliphatic carbocycles. The van der Waals surface area contributed by atoms with Crippen LogP contribution in [0.1, 0.15) is 60.8 Å². The van der Waals surface area contributed by atoms with E-state index in [-0.39, 0.29) is 23.9 Å². The highest BCUT2D eigenvalue weighted by Gasteiger charge is 2.42. The fraction of sp³-hybridized carbons (Fsp3) is 0.469. The summed E-state index contributed by atoms with van der Waals surface area (Å²) in [6, 6.07) is 9.71. The third kappa shape index (κ3) is 6.39. The summed E-state index contributed by atoms with van der Waals surface area (Å²) in [5.41, 5.74) is 4.55. The van der Waals surface area contributed by atoms with Gasteiger partial charge in [-0.3, -0.25) is 9.59 Å². The number of carbonyl (C=O) groups excluding carboxylic acids is 1. The number of ether oxygens (including phenoxy) is 1. The molecule has 2 aliphatic heterocycles. The van der Waals surface area contributed by atoms with Gasteiger partial charge in [0, 0.05) is 55.1 Å². The highest BCUT2D eigenvalue weighted by molar-refractivity contribution is 7.94. The Hall–Kier alpha value is -3.54. The molecule has 5 rings (SSSR count). The smallest absolute Gasteiger partial charge is 0.256 e. The van der Waals surface area contributed by atoms with Gasteiger partial charge in [0.15, 0.2) is 0 Å². The van der Waals surface area contributed by atoms with Gasteiger partial charge in [-0.15, -0.1) is 0 Å². The number of benzene rings is 1. The van der Waals surface area contributed by atoms with Gasteiger partial charge in [0.1, 0.15) is 16.3 Å². The molecule has 1 unspecified atom stereocenters. The van der Waals surface area contributed by atoms with E-state index >= 15 is 0 Å². The lowest BCUT2D eigenvalue weighted by atomic mass is 9.93. The number of carbonyl (C=O) groups is 1. The molecule has 4 heterocycles. The fourth-order valence-electron chi connectivity index (χ4n) is 5.72. The number of hydrogen-bond acceptors (Lipinski definition) is 8. The maximum Gasteiger partial charge on any atom is 0.256 e. The number of hydrogen-bond donors (Lipinski definition) is 2. The number of nitrogens with one attached hydrogen (secondary N) is 2. The molecule has 2 aromatic heterocycles. The number of rotatable bonds is 7. The number of amides is 1. The van der Waals surface area contributed by atoms with E-state index in [0.717, 1.165) is 54.4 Å². The Morgan fingerprint density at radius 1 is 1.16 bits per heavy atom. The fourth-order valence-corrected chi connectivity index (χ4v) is 7.07. The lowest BCUT2D eigenvalue weighted by molar-refractivity contribution is 0.0949. The number of anilines is 2. The highest BCUT2D eigenvalue weighted by Crippen LogP contribution is 2.44. The maximum absolute atomic E-state index is 13.9. The molecule has 0 spiro atoms. The van der Waals surface area contributed by atoms with Crippen molar-refractivity contribution in [1.82, 2.24) is 20.2 Å². The van der Waals surface area contributed by atoms with Crippen molar-refractivity contribution in [2.75, 3.05) is 56.1 Å². The summed E-state index contributed by atoms with van der Waals surface area (Å²) >= 11 is -1.32. The minimum Gasteiger partial charge on any atom is -0.593 e. The summed E-state index contributed by atoms with van der Waals surface area (Å²) in [6.45, 7) is 14.1. The van der Waals surface area contributed by atoms with Crippen molar-refractivity contribution in [3.8, 4) is 16.9 Å². The van der Waals surface area contributed by atoms with Gasteiger partial charge in [-0.2, -0.15) is 4.31 Å². The van der Waals surface area contributed by atoms with Crippen molar-refractivity contribution in [3.05, 3.63) is 69.3 Å². The molecule has 1 aromatic carbocycles. The predicted molar refractivity (Wildman–Crippen MR) is 173 cm³/mol. The number of pyridine rings is 2. The summed E-state index contributed by atoms with van der Waals surface area (Å²) in [5, 5.41) is 2.95. The highest BCUT2D eigenvalue weighted by atomic mass is 32.2. The molecule has 11 heteroatoms. The van der Waals surface area contributed by atoms with E-state index in [1.807, 2.05) is 55.5 Å². The van der Waals surface area contributed by atoms with Crippen LogP contribution in [-0.4, -0.2) is 77.0 Å². The summed E-state index contributed by atoms with van der Waals surface area (Å²) in [7, 11) is 3.63. The second-order valence-corrected chi connectivity index (χ2v) is 14.7. The zero-order valence-electron chi connectivity index (χ0n) is 26.1. The SMILES string of the molecule is COc1cc(C)[nH]c(=O)c1CNC(=O)c1cc(-c2ccc(N3CCN(C)CC3)nc2)cc2c1[C@@H](C)CN2[S+]([O-])C(C)(C)C. The number of H-pyrrole nitrogens is 1. The van der Waals surface area contributed by atoms with Crippen LogP contribution in [-0.2, 0) is 17.9 Å². The predicted octanol–water partition coefficient (Wildman–Crippen LogP) is 3.82. The van der Waals surface area contributed by atoms with Gasteiger partial charge < -0.3 is 29.4 Å². The van der Waals surface area contributed by atoms with Gasteiger partial charge in [0.2, 0.25) is 0 Å². The van der Waals surface area contributed by atoms with Crippen molar-refractivity contribution >= 4 is 28.8 Å². The minimum atomic E-state index is -1.32. The van der Waals surface area contributed by atoms with Crippen molar-refractivity contribution in [1.29, 1.82) is 0 Å². The Kier molecular flexibility index (Phi) is 8.78. The first kappa shape index (κ1) is 30.9. The van der Waals surface area contributed by atoms with Gasteiger partial charge >= 0.3 is 0 Å². The summed E-state index contributed by atoms with van der Waals surface area (Å²) in [6.07, 6.45) is 1.84. The molecule has 230 valence electrons. The monoisotopic (exact) mass is 606 g/mol. The quantitative estimate of drug-likeness (QED) is 0.390. The van der Waals surface area contributed by atoms with Crippen molar-refractivity contribution in [2.45, 2.75) is 51.8 Å². The van der Waals surface area contributed by atoms with Crippen LogP contribution in [0, 0.1) is 6.92 Å². The van der Waals surface area contributed by atoms with Gasteiger partial charge in [-0.25, -0.2) is 4.98 Å². The average Bonchev–Trinajstić information content (AvgIpc) is 3.31. The third-order valence-electron chi connectivity index (χ3n) is 8.11. The largest absolute Gasteiger partial charge is 0.593 e. The van der Waals surface area contributed by atoms with Crippen LogP contribution in [0.15, 0.2) is 41.3 Å². The van der Waals surface area contributed by atoms with Gasteiger partial charge in [-0.1, -0.05) is 6.92 Å². The lowest BCUT2D eigenvalue weighted by Crippen LogP contribution is -2.44. The zero-order valence-corrected chi connectivity index (χ0v) is 26.9. The number of aryl methyl sites for hydroxylation is 1. The lowest BCUT2D eigenvalue weighted by Gasteiger charge is -2.33. The topological polar surface area (TPSA) is 117 Å². The van der Waals surface area contributed by atoms with E-state index in [0.29, 0.717) is 29.1 Å². The molecule has 2 atom stereocenters. The van der Waals surface area contributed by atoms with Crippen LogP contribution < -0.4 is 24.8 Å². The van der Waals surface area contributed by atoms with E-state index in [2.05, 4.69) is 34.1 Å². The molecule has 1 amide bonds. The van der Waals surface area contributed by atoms with Crippen LogP contribution >= 0.6 is 0 Å². The number of methoxy groups -OCH3 is 1. The number of aromatic nitrogens is 2. The first-order valence-corrected chi connectivity index (χ1v) is 15.8. The zero-order chi connectivity index (χ0) is 31.1. The molecular formula is C32H42N6O4S. The molecule has 1 saturated heterocycles. The van der Waals surface area contributed by atoms with Crippen LogP contribution in [0.2, 0.25) is 0 Å². The molecule has 0 radical (unpaired) electrons. The molecule has 2 aliphatic rings. The molecule has 1 fully saturated rings. The minimum absolute atomic E-state index is 0.00388. The molecule has 2 N–H and O–H groups in total. The molecule has 0 bridgehead atoms. The van der Waals surface area contributed by atoms with Crippen LogP contribution in [0.3, 0.4) is 0 Å². The number of fused-ring (bicyclic) bond motifs is 1. The second-order valence-electron chi connectivity index (χ2n) is 12.5. The van der Waals surface area contributed by atoms with E-state index in [9.17, 15) is 14.1 Å². The summed E-state index contributed by atoms with van der Waals surface area (Å²) in [4.78, 5) is 38.7. The Labute approximate surface area is 256 Å². The second kappa shape index (κ2) is 12.2. The van der Waals surface area contributed by atoms with E-state index in [1.165, 1.54) is 7.11 Å². The Morgan fingerprint density at radius 3 is 2.51 bits per heavy atom. The van der Waals surface area contributed by atoms with E-state index in [1.54, 1.807) is 13.0 Å². The first-order chi connectivity index (χ1) is 20.4. The van der Waals surface area contributed by atoms with Crippen molar-refractivity contribution < 1.29 is 14.1 Å². The Morgan fingerprint density at radius 2 is 1.88 bits per heavy atom. The molecule has 43 heavy (non-hydrogen) atoms. The van der Waals surface area contributed by atoms with Crippen LogP contribution in [0.5, 0.6) is 5.75 Å². The third-order valence-corrected chi connectivity index (χ3v) is 9.91. The molecule has 10 nitrogen and oxygen atoms in total. The van der Waals surface area contributed by atoms with Gasteiger partial charge in [0.05, 0.1) is 42.8 Å².